The molecule has 31 heavy (non-hydrogen) atoms. The Labute approximate surface area is 195 Å². The summed E-state index contributed by atoms with van der Waals surface area (Å²) in [6.45, 7) is 2.16. The van der Waals surface area contributed by atoms with E-state index >= 15 is 0 Å². The third kappa shape index (κ3) is 4.69. The van der Waals surface area contributed by atoms with Gasteiger partial charge in [-0.1, -0.05) is 59.1 Å². The van der Waals surface area contributed by atoms with E-state index in [0.29, 0.717) is 39.4 Å². The summed E-state index contributed by atoms with van der Waals surface area (Å²) in [5.41, 5.74) is 3.10. The minimum Gasteiger partial charge on any atom is -0.349 e. The highest BCUT2D eigenvalue weighted by Crippen LogP contribution is 2.31. The molecule has 2 aromatic heterocycles. The van der Waals surface area contributed by atoms with Crippen LogP contribution >= 0.6 is 34.8 Å². The number of rotatable bonds is 6. The van der Waals surface area contributed by atoms with Gasteiger partial charge in [-0.25, -0.2) is 4.98 Å². The summed E-state index contributed by atoms with van der Waals surface area (Å²) in [7, 11) is 0. The average Bonchev–Trinajstić information content (AvgIpc) is 3.10. The van der Waals surface area contributed by atoms with Crippen LogP contribution in [0.5, 0.6) is 0 Å². The molecule has 4 rings (SSSR count). The number of carbonyl (C=O) groups is 1. The first-order valence-electron chi connectivity index (χ1n) is 9.71. The Kier molecular flexibility index (Phi) is 6.46. The number of hydrogen-bond acceptors (Lipinski definition) is 3. The number of aromatic nitrogens is 3. The highest BCUT2D eigenvalue weighted by atomic mass is 35.5. The van der Waals surface area contributed by atoms with Crippen molar-refractivity contribution in [2.24, 2.45) is 0 Å². The van der Waals surface area contributed by atoms with Gasteiger partial charge in [-0.05, 0) is 42.8 Å². The zero-order valence-corrected chi connectivity index (χ0v) is 18.9. The summed E-state index contributed by atoms with van der Waals surface area (Å²) in [5, 5.41) is 4.40. The molecular weight excluding hydrogens is 455 g/mol. The van der Waals surface area contributed by atoms with Crippen molar-refractivity contribution in [3.05, 3.63) is 92.9 Å². The first kappa shape index (κ1) is 21.6. The van der Waals surface area contributed by atoms with Crippen molar-refractivity contribution in [2.45, 2.75) is 25.9 Å². The van der Waals surface area contributed by atoms with E-state index in [9.17, 15) is 4.79 Å². The Morgan fingerprint density at radius 1 is 1.03 bits per heavy atom. The average molecular weight is 474 g/mol. The number of nitrogens with one attached hydrogen (secondary N) is 1. The van der Waals surface area contributed by atoms with Gasteiger partial charge >= 0.3 is 0 Å². The highest BCUT2D eigenvalue weighted by molar-refractivity contribution is 6.42. The molecule has 0 fully saturated rings. The number of benzene rings is 2. The fraction of sp³-hybridized carbons (Fsp3) is 0.174. The Balaban J connectivity index is 1.70. The van der Waals surface area contributed by atoms with Gasteiger partial charge in [0.15, 0.2) is 0 Å². The number of imidazole rings is 1. The van der Waals surface area contributed by atoms with E-state index in [0.717, 1.165) is 16.8 Å². The van der Waals surface area contributed by atoms with E-state index in [1.807, 2.05) is 54.0 Å². The van der Waals surface area contributed by atoms with Crippen molar-refractivity contribution < 1.29 is 4.79 Å². The molecule has 0 saturated heterocycles. The number of fused-ring (bicyclic) bond motifs is 1. The van der Waals surface area contributed by atoms with E-state index in [1.54, 1.807) is 18.3 Å². The topological polar surface area (TPSA) is 59.8 Å². The van der Waals surface area contributed by atoms with Gasteiger partial charge in [0.2, 0.25) is 5.91 Å². The van der Waals surface area contributed by atoms with Crippen LogP contribution in [0.4, 0.5) is 0 Å². The molecule has 4 aromatic rings. The molecule has 0 saturated carbocycles. The highest BCUT2D eigenvalue weighted by Gasteiger charge is 2.23. The smallest absolute Gasteiger partial charge is 0.243 e. The van der Waals surface area contributed by atoms with E-state index in [4.69, 9.17) is 39.8 Å². The first-order valence-corrected chi connectivity index (χ1v) is 10.8. The predicted molar refractivity (Wildman–Crippen MR) is 125 cm³/mol. The first-order chi connectivity index (χ1) is 14.9. The fourth-order valence-electron chi connectivity index (χ4n) is 3.45. The van der Waals surface area contributed by atoms with Crippen LogP contribution in [-0.2, 0) is 17.8 Å². The molecular formula is C23H19Cl3N4O. The van der Waals surface area contributed by atoms with Crippen LogP contribution in [0.1, 0.15) is 30.0 Å². The van der Waals surface area contributed by atoms with Crippen molar-refractivity contribution in [3.8, 4) is 0 Å². The van der Waals surface area contributed by atoms with Crippen molar-refractivity contribution in [2.75, 3.05) is 0 Å². The maximum absolute atomic E-state index is 13.0. The number of amides is 1. The third-order valence-corrected chi connectivity index (χ3v) is 6.14. The second-order valence-electron chi connectivity index (χ2n) is 7.14. The molecule has 2 aromatic carbocycles. The van der Waals surface area contributed by atoms with Crippen molar-refractivity contribution in [3.63, 3.8) is 0 Å². The van der Waals surface area contributed by atoms with Gasteiger partial charge in [0.1, 0.15) is 11.9 Å². The molecule has 0 bridgehead atoms. The van der Waals surface area contributed by atoms with Gasteiger partial charge in [-0.2, -0.15) is 0 Å². The maximum Gasteiger partial charge on any atom is 0.243 e. The lowest BCUT2D eigenvalue weighted by molar-refractivity contribution is -0.124. The second-order valence-corrected chi connectivity index (χ2v) is 8.36. The molecule has 0 aliphatic carbocycles. The van der Waals surface area contributed by atoms with E-state index < -0.39 is 6.04 Å². The van der Waals surface area contributed by atoms with E-state index in [1.165, 1.54) is 0 Å². The SMILES string of the molecule is C[C@H](C(=O)NCc1ccccn1)n1c(Cc2ccccc2Cl)nc2cc(Cl)c(Cl)cc21. The molecule has 0 aliphatic rings. The predicted octanol–water partition coefficient (Wildman–Crippen LogP) is 5.86. The van der Waals surface area contributed by atoms with Gasteiger partial charge in [-0.15, -0.1) is 0 Å². The van der Waals surface area contributed by atoms with Crippen LogP contribution in [0.25, 0.3) is 11.0 Å². The van der Waals surface area contributed by atoms with Gasteiger partial charge in [0.25, 0.3) is 0 Å². The number of hydrogen-bond donors (Lipinski definition) is 1. The fourth-order valence-corrected chi connectivity index (χ4v) is 3.97. The van der Waals surface area contributed by atoms with Crippen molar-refractivity contribution in [1.82, 2.24) is 19.9 Å². The van der Waals surface area contributed by atoms with Crippen LogP contribution in [0.15, 0.2) is 60.8 Å². The van der Waals surface area contributed by atoms with Crippen LogP contribution < -0.4 is 5.32 Å². The van der Waals surface area contributed by atoms with Gasteiger partial charge in [0.05, 0.1) is 33.3 Å². The Morgan fingerprint density at radius 3 is 2.52 bits per heavy atom. The van der Waals surface area contributed by atoms with Gasteiger partial charge in [0, 0.05) is 17.6 Å². The third-order valence-electron chi connectivity index (χ3n) is 5.05. The molecule has 1 atom stereocenters. The number of pyridine rings is 1. The molecule has 0 aliphatic heterocycles. The van der Waals surface area contributed by atoms with Crippen LogP contribution in [0, 0.1) is 0 Å². The molecule has 5 nitrogen and oxygen atoms in total. The monoisotopic (exact) mass is 472 g/mol. The quantitative estimate of drug-likeness (QED) is 0.381. The zero-order valence-electron chi connectivity index (χ0n) is 16.6. The molecule has 0 unspecified atom stereocenters. The normalized spacial score (nSPS) is 12.1. The van der Waals surface area contributed by atoms with Crippen molar-refractivity contribution in [1.29, 1.82) is 0 Å². The second kappa shape index (κ2) is 9.27. The molecule has 0 spiro atoms. The largest absolute Gasteiger partial charge is 0.349 e. The Hall–Kier alpha value is -2.60. The molecule has 1 amide bonds. The van der Waals surface area contributed by atoms with Gasteiger partial charge < -0.3 is 9.88 Å². The van der Waals surface area contributed by atoms with E-state index in [2.05, 4.69) is 10.3 Å². The van der Waals surface area contributed by atoms with Crippen LogP contribution in [0.2, 0.25) is 15.1 Å². The Morgan fingerprint density at radius 2 is 1.77 bits per heavy atom. The summed E-state index contributed by atoms with van der Waals surface area (Å²) in [4.78, 5) is 22.0. The maximum atomic E-state index is 13.0. The molecule has 2 heterocycles. The number of halogens is 3. The molecule has 0 radical (unpaired) electrons. The molecule has 8 heteroatoms. The van der Waals surface area contributed by atoms with Crippen molar-refractivity contribution >= 4 is 51.7 Å². The summed E-state index contributed by atoms with van der Waals surface area (Å²) in [5.74, 6) is 0.540. The van der Waals surface area contributed by atoms with Crippen LogP contribution in [-0.4, -0.2) is 20.4 Å². The van der Waals surface area contributed by atoms with Gasteiger partial charge in [-0.3, -0.25) is 9.78 Å². The minimum absolute atomic E-state index is 0.156. The minimum atomic E-state index is -0.538. The summed E-state index contributed by atoms with van der Waals surface area (Å²) in [6.07, 6.45) is 2.16. The standard InChI is InChI=1S/C23H19Cl3N4O/c1-14(23(31)28-13-16-7-4-5-9-27-16)30-21-12-19(26)18(25)11-20(21)29-22(30)10-15-6-2-3-8-17(15)24/h2-9,11-12,14H,10,13H2,1H3,(H,28,31)/t14-/m1/s1. The summed E-state index contributed by atoms with van der Waals surface area (Å²) in [6, 6.07) is 16.1. The Bertz CT molecular complexity index is 1240. The van der Waals surface area contributed by atoms with E-state index in [-0.39, 0.29) is 5.91 Å². The lowest BCUT2D eigenvalue weighted by Gasteiger charge is -2.18. The summed E-state index contributed by atoms with van der Waals surface area (Å²) >= 11 is 18.9. The number of nitrogens with zero attached hydrogens (tertiary/aromatic N) is 3. The zero-order chi connectivity index (χ0) is 22.0. The lowest BCUT2D eigenvalue weighted by atomic mass is 10.1. The lowest BCUT2D eigenvalue weighted by Crippen LogP contribution is -2.31. The van der Waals surface area contributed by atoms with Crippen LogP contribution in [0.3, 0.4) is 0 Å². The molecule has 1 N–H and O–H groups in total. The molecule has 158 valence electrons. The number of carbonyl (C=O) groups excluding carboxylic acids is 1. The summed E-state index contributed by atoms with van der Waals surface area (Å²) < 4.78 is 1.88.